The molecule has 3 aromatic rings. The van der Waals surface area contributed by atoms with Crippen molar-refractivity contribution >= 4 is 45.2 Å². The number of rotatable bonds is 4. The number of amides is 3. The molecule has 1 aliphatic carbocycles. The van der Waals surface area contributed by atoms with Crippen molar-refractivity contribution in [3.63, 3.8) is 0 Å². The van der Waals surface area contributed by atoms with E-state index in [-0.39, 0.29) is 29.6 Å². The molecule has 1 fully saturated rings. The number of nitrogens with zero attached hydrogens (tertiary/aromatic N) is 2. The number of aryl methyl sites for hydroxylation is 1. The molecule has 2 heterocycles. The van der Waals surface area contributed by atoms with Gasteiger partial charge in [0.15, 0.2) is 0 Å². The van der Waals surface area contributed by atoms with E-state index in [1.807, 2.05) is 42.5 Å². The Balaban J connectivity index is 1.42. The topological polar surface area (TPSA) is 71.4 Å². The second kappa shape index (κ2) is 7.38. The Labute approximate surface area is 180 Å². The van der Waals surface area contributed by atoms with Crippen LogP contribution in [0, 0.1) is 11.8 Å². The van der Waals surface area contributed by atoms with Gasteiger partial charge in [0.05, 0.1) is 11.8 Å². The highest BCUT2D eigenvalue weighted by Gasteiger charge is 2.50. The molecule has 0 spiro atoms. The minimum Gasteiger partial charge on any atom is -0.341 e. The second-order valence-electron chi connectivity index (χ2n) is 8.36. The predicted molar refractivity (Wildman–Crippen MR) is 120 cm³/mol. The fourth-order valence-corrected chi connectivity index (χ4v) is 5.04. The fraction of sp³-hybridized carbons (Fsp3) is 0.320. The number of benzene rings is 2. The Kier molecular flexibility index (Phi) is 4.65. The number of anilines is 1. The Morgan fingerprint density at radius 1 is 1.00 bits per heavy atom. The largest absolute Gasteiger partial charge is 0.341 e. The average molecular weight is 415 g/mol. The molecule has 3 atom stereocenters. The Hall–Kier alpha value is -3.41. The van der Waals surface area contributed by atoms with E-state index < -0.39 is 6.04 Å². The van der Waals surface area contributed by atoms with Crippen molar-refractivity contribution < 1.29 is 14.4 Å². The molecule has 2 aliphatic rings. The van der Waals surface area contributed by atoms with Crippen LogP contribution in [0.15, 0.2) is 54.6 Å². The number of hydrogen-bond acceptors (Lipinski definition) is 3. The van der Waals surface area contributed by atoms with Crippen LogP contribution < -0.4 is 5.32 Å². The van der Waals surface area contributed by atoms with Gasteiger partial charge in [0, 0.05) is 34.0 Å². The van der Waals surface area contributed by atoms with Crippen LogP contribution in [-0.4, -0.2) is 33.2 Å². The molecule has 1 aromatic heterocycles. The number of aromatic nitrogens is 1. The summed E-state index contributed by atoms with van der Waals surface area (Å²) in [6.45, 7) is 4.58. The van der Waals surface area contributed by atoms with E-state index in [1.54, 1.807) is 6.92 Å². The Morgan fingerprint density at radius 2 is 1.65 bits per heavy atom. The van der Waals surface area contributed by atoms with Gasteiger partial charge in [-0.05, 0) is 51.0 Å². The number of fused-ring (bicyclic) bond motifs is 4. The summed E-state index contributed by atoms with van der Waals surface area (Å²) in [5.74, 6) is -1.48. The highest BCUT2D eigenvalue weighted by atomic mass is 16.2. The molecular weight excluding hydrogens is 390 g/mol. The molecule has 31 heavy (non-hydrogen) atoms. The summed E-state index contributed by atoms with van der Waals surface area (Å²) >= 11 is 0. The number of nitrogens with one attached hydrogen (secondary N) is 1. The third-order valence-corrected chi connectivity index (χ3v) is 6.66. The van der Waals surface area contributed by atoms with Crippen LogP contribution in [0.25, 0.3) is 21.8 Å². The number of allylic oxidation sites excluding steroid dienone is 2. The van der Waals surface area contributed by atoms with Crippen LogP contribution in [0.4, 0.5) is 5.69 Å². The fourth-order valence-electron chi connectivity index (χ4n) is 5.04. The molecule has 5 rings (SSSR count). The summed E-state index contributed by atoms with van der Waals surface area (Å²) in [5.41, 5.74) is 2.92. The first kappa shape index (κ1) is 19.5. The monoisotopic (exact) mass is 415 g/mol. The molecule has 0 bridgehead atoms. The van der Waals surface area contributed by atoms with Crippen LogP contribution in [0.1, 0.15) is 26.7 Å². The van der Waals surface area contributed by atoms with Gasteiger partial charge in [0.25, 0.3) is 0 Å². The molecule has 1 aliphatic heterocycles. The van der Waals surface area contributed by atoms with Gasteiger partial charge in [0.2, 0.25) is 17.7 Å². The number of hydrogen-bond donors (Lipinski definition) is 1. The number of carbonyl (C=O) groups is 3. The highest BCUT2D eigenvalue weighted by Crippen LogP contribution is 2.36. The number of likely N-dealkylation sites (tertiary alicyclic amines) is 1. The van der Waals surface area contributed by atoms with Crippen molar-refractivity contribution in [2.24, 2.45) is 11.8 Å². The lowest BCUT2D eigenvalue weighted by atomic mass is 9.85. The lowest BCUT2D eigenvalue weighted by molar-refractivity contribution is -0.146. The maximum absolute atomic E-state index is 13.0. The smallest absolute Gasteiger partial charge is 0.247 e. The molecule has 6 heteroatoms. The predicted octanol–water partition coefficient (Wildman–Crippen LogP) is 4.09. The van der Waals surface area contributed by atoms with Crippen LogP contribution in [0.5, 0.6) is 0 Å². The van der Waals surface area contributed by atoms with Gasteiger partial charge in [-0.25, -0.2) is 0 Å². The first-order valence-corrected chi connectivity index (χ1v) is 10.8. The maximum Gasteiger partial charge on any atom is 0.247 e. The van der Waals surface area contributed by atoms with Gasteiger partial charge in [-0.3, -0.25) is 19.3 Å². The van der Waals surface area contributed by atoms with Crippen LogP contribution in [0.3, 0.4) is 0 Å². The molecular formula is C25H25N3O3. The summed E-state index contributed by atoms with van der Waals surface area (Å²) < 4.78 is 2.25. The van der Waals surface area contributed by atoms with E-state index >= 15 is 0 Å². The van der Waals surface area contributed by atoms with Gasteiger partial charge in [0.1, 0.15) is 6.04 Å². The molecule has 0 unspecified atom stereocenters. The summed E-state index contributed by atoms with van der Waals surface area (Å²) in [6.07, 6.45) is 5.03. The van der Waals surface area contributed by atoms with Gasteiger partial charge < -0.3 is 9.88 Å². The lowest BCUT2D eigenvalue weighted by Gasteiger charge is -2.22. The molecule has 0 saturated carbocycles. The first-order valence-electron chi connectivity index (χ1n) is 10.8. The second-order valence-corrected chi connectivity index (χ2v) is 8.36. The van der Waals surface area contributed by atoms with Crippen molar-refractivity contribution in [2.45, 2.75) is 39.3 Å². The van der Waals surface area contributed by atoms with E-state index in [0.717, 1.165) is 28.4 Å². The van der Waals surface area contributed by atoms with Gasteiger partial charge >= 0.3 is 0 Å². The summed E-state index contributed by atoms with van der Waals surface area (Å²) in [7, 11) is 0. The summed E-state index contributed by atoms with van der Waals surface area (Å²) in [6, 6.07) is 13.2. The SMILES string of the molecule is CCn1c2ccccc2c2cc(NC(=O)[C@H](C)N3C(=O)[C@@H]4CC=CC[C@H]4C3=O)ccc21. The van der Waals surface area contributed by atoms with Gasteiger partial charge in [-0.15, -0.1) is 0 Å². The van der Waals surface area contributed by atoms with E-state index in [1.165, 1.54) is 4.90 Å². The molecule has 0 radical (unpaired) electrons. The Bertz CT molecular complexity index is 1230. The van der Waals surface area contributed by atoms with Crippen molar-refractivity contribution in [3.05, 3.63) is 54.6 Å². The summed E-state index contributed by atoms with van der Waals surface area (Å²) in [4.78, 5) is 39.7. The summed E-state index contributed by atoms with van der Waals surface area (Å²) in [5, 5.41) is 5.11. The van der Waals surface area contributed by atoms with Crippen LogP contribution in [-0.2, 0) is 20.9 Å². The van der Waals surface area contributed by atoms with E-state index in [9.17, 15) is 14.4 Å². The van der Waals surface area contributed by atoms with E-state index in [0.29, 0.717) is 18.5 Å². The average Bonchev–Trinajstić information content (AvgIpc) is 3.24. The van der Waals surface area contributed by atoms with E-state index in [4.69, 9.17) is 0 Å². The van der Waals surface area contributed by atoms with Crippen molar-refractivity contribution in [3.8, 4) is 0 Å². The lowest BCUT2D eigenvalue weighted by Crippen LogP contribution is -2.46. The molecule has 158 valence electrons. The van der Waals surface area contributed by atoms with Crippen molar-refractivity contribution in [1.82, 2.24) is 9.47 Å². The first-order chi connectivity index (χ1) is 15.0. The molecule has 1 N–H and O–H groups in total. The number of carbonyl (C=O) groups excluding carboxylic acids is 3. The number of para-hydroxylation sites is 1. The Morgan fingerprint density at radius 3 is 2.32 bits per heavy atom. The quantitative estimate of drug-likeness (QED) is 0.515. The third-order valence-electron chi connectivity index (χ3n) is 6.66. The zero-order chi connectivity index (χ0) is 21.7. The molecule has 6 nitrogen and oxygen atoms in total. The van der Waals surface area contributed by atoms with Crippen molar-refractivity contribution in [1.29, 1.82) is 0 Å². The van der Waals surface area contributed by atoms with Gasteiger partial charge in [-0.2, -0.15) is 0 Å². The third kappa shape index (κ3) is 2.97. The van der Waals surface area contributed by atoms with Crippen molar-refractivity contribution in [2.75, 3.05) is 5.32 Å². The van der Waals surface area contributed by atoms with Crippen LogP contribution >= 0.6 is 0 Å². The zero-order valence-corrected chi connectivity index (χ0v) is 17.7. The minimum atomic E-state index is -0.849. The highest BCUT2D eigenvalue weighted by molar-refractivity contribution is 6.12. The molecule has 2 aromatic carbocycles. The maximum atomic E-state index is 13.0. The zero-order valence-electron chi connectivity index (χ0n) is 17.7. The minimum absolute atomic E-state index is 0.233. The number of imide groups is 1. The van der Waals surface area contributed by atoms with E-state index in [2.05, 4.69) is 28.9 Å². The van der Waals surface area contributed by atoms with Crippen LogP contribution in [0.2, 0.25) is 0 Å². The standard InChI is InChI=1S/C25H25N3O3/c1-3-27-21-11-7-6-8-17(21)20-14-16(12-13-22(20)27)26-23(29)15(2)28-24(30)18-9-4-5-10-19(18)25(28)31/h4-8,11-15,18-19H,3,9-10H2,1-2H3,(H,26,29)/t15-,18+,19+/m0/s1. The molecule has 1 saturated heterocycles. The van der Waals surface area contributed by atoms with Gasteiger partial charge in [-0.1, -0.05) is 30.4 Å². The molecule has 3 amide bonds. The normalized spacial score (nSPS) is 21.7.